The van der Waals surface area contributed by atoms with Crippen molar-refractivity contribution < 1.29 is 4.79 Å². The van der Waals surface area contributed by atoms with Gasteiger partial charge in [-0.2, -0.15) is 5.10 Å². The largest absolute Gasteiger partial charge is 0.396 e. The van der Waals surface area contributed by atoms with Crippen LogP contribution < -0.4 is 11.5 Å². The fraction of sp³-hybridized carbons (Fsp3) is 0.0909. The van der Waals surface area contributed by atoms with Crippen molar-refractivity contribution in [2.45, 2.75) is 6.54 Å². The summed E-state index contributed by atoms with van der Waals surface area (Å²) in [5, 5.41) is 5.13. The quantitative estimate of drug-likeness (QED) is 0.903. The van der Waals surface area contributed by atoms with E-state index in [1.807, 2.05) is 0 Å². The van der Waals surface area contributed by atoms with E-state index in [1.54, 1.807) is 18.2 Å². The Kier molecular flexibility index (Phi) is 3.45. The fourth-order valence-electron chi connectivity index (χ4n) is 1.55. The highest BCUT2D eigenvalue weighted by atomic mass is 35.5. The molecule has 1 heterocycles. The van der Waals surface area contributed by atoms with Crippen molar-refractivity contribution in [1.82, 2.24) is 9.78 Å². The smallest absolute Gasteiger partial charge is 0.271 e. The van der Waals surface area contributed by atoms with Crippen molar-refractivity contribution in [1.29, 1.82) is 0 Å². The predicted molar refractivity (Wildman–Crippen MR) is 70.7 cm³/mol. The first-order valence-corrected chi connectivity index (χ1v) is 5.79. The first-order chi connectivity index (χ1) is 8.47. The van der Waals surface area contributed by atoms with Gasteiger partial charge in [0.25, 0.3) is 5.91 Å². The maximum absolute atomic E-state index is 11.0. The molecule has 0 atom stereocenters. The van der Waals surface area contributed by atoms with E-state index in [9.17, 15) is 4.79 Å². The molecule has 0 radical (unpaired) electrons. The molecule has 0 bridgehead atoms. The average Bonchev–Trinajstić information content (AvgIpc) is 2.65. The first-order valence-electron chi connectivity index (χ1n) is 5.04. The number of hydrogen-bond acceptors (Lipinski definition) is 3. The van der Waals surface area contributed by atoms with Gasteiger partial charge < -0.3 is 11.5 Å². The Morgan fingerprint density at radius 1 is 1.39 bits per heavy atom. The van der Waals surface area contributed by atoms with Crippen LogP contribution in [0.1, 0.15) is 16.1 Å². The minimum Gasteiger partial charge on any atom is -0.396 e. The number of carbonyl (C=O) groups excluding carboxylic acids is 1. The summed E-state index contributed by atoms with van der Waals surface area (Å²) in [5.74, 6) is -0.663. The van der Waals surface area contributed by atoms with Gasteiger partial charge in [0.15, 0.2) is 5.69 Å². The number of amides is 1. The number of nitrogens with zero attached hydrogens (tertiary/aromatic N) is 2. The third kappa shape index (κ3) is 2.57. The molecule has 0 spiro atoms. The minimum absolute atomic E-state index is 0.0492. The summed E-state index contributed by atoms with van der Waals surface area (Å²) >= 11 is 11.9. The summed E-state index contributed by atoms with van der Waals surface area (Å²) < 4.78 is 1.49. The van der Waals surface area contributed by atoms with Gasteiger partial charge in [-0.05, 0) is 23.8 Å². The van der Waals surface area contributed by atoms with Gasteiger partial charge in [-0.25, -0.2) is 0 Å². The third-order valence-corrected chi connectivity index (χ3v) is 2.97. The van der Waals surface area contributed by atoms with Gasteiger partial charge in [0.2, 0.25) is 0 Å². The normalized spacial score (nSPS) is 10.6. The second kappa shape index (κ2) is 4.88. The number of nitrogen functional groups attached to an aromatic ring is 1. The fourth-order valence-corrected chi connectivity index (χ4v) is 1.92. The molecular weight excluding hydrogens is 275 g/mol. The van der Waals surface area contributed by atoms with Crippen molar-refractivity contribution in [3.05, 3.63) is 45.7 Å². The van der Waals surface area contributed by atoms with Crippen LogP contribution in [0.4, 0.5) is 5.69 Å². The van der Waals surface area contributed by atoms with E-state index in [1.165, 1.54) is 10.9 Å². The van der Waals surface area contributed by atoms with E-state index < -0.39 is 5.91 Å². The SMILES string of the molecule is NC(=O)c1nn(Cc2cc(Cl)ccc2Cl)cc1N. The molecule has 2 aromatic rings. The Hall–Kier alpha value is -1.72. The van der Waals surface area contributed by atoms with Crippen LogP contribution in [0.15, 0.2) is 24.4 Å². The second-order valence-electron chi connectivity index (χ2n) is 3.73. The summed E-state index contributed by atoms with van der Waals surface area (Å²) in [4.78, 5) is 11.0. The highest BCUT2D eigenvalue weighted by Gasteiger charge is 2.12. The molecule has 5 nitrogen and oxygen atoms in total. The van der Waals surface area contributed by atoms with Crippen LogP contribution in [0, 0.1) is 0 Å². The lowest BCUT2D eigenvalue weighted by molar-refractivity contribution is 0.0995. The molecule has 1 amide bonds. The van der Waals surface area contributed by atoms with Crippen LogP contribution in [-0.4, -0.2) is 15.7 Å². The van der Waals surface area contributed by atoms with Crippen LogP contribution >= 0.6 is 23.2 Å². The summed E-state index contributed by atoms with van der Waals surface area (Å²) in [5.41, 5.74) is 11.8. The Balaban J connectivity index is 2.31. The maximum atomic E-state index is 11.0. The Labute approximate surface area is 113 Å². The number of primary amides is 1. The van der Waals surface area contributed by atoms with Crippen LogP contribution in [0.5, 0.6) is 0 Å². The van der Waals surface area contributed by atoms with Crippen molar-refractivity contribution in [2.24, 2.45) is 5.73 Å². The molecule has 1 aromatic heterocycles. The summed E-state index contributed by atoms with van der Waals surface area (Å²) in [6.07, 6.45) is 1.53. The van der Waals surface area contributed by atoms with Gasteiger partial charge in [0.1, 0.15) is 0 Å². The number of rotatable bonds is 3. The molecular formula is C11H10Cl2N4O. The maximum Gasteiger partial charge on any atom is 0.271 e. The van der Waals surface area contributed by atoms with Gasteiger partial charge in [0, 0.05) is 16.2 Å². The van der Waals surface area contributed by atoms with E-state index >= 15 is 0 Å². The Morgan fingerprint density at radius 3 is 2.72 bits per heavy atom. The molecule has 0 aliphatic rings. The zero-order chi connectivity index (χ0) is 13.3. The van der Waals surface area contributed by atoms with Gasteiger partial charge in [0.05, 0.1) is 12.2 Å². The monoisotopic (exact) mass is 284 g/mol. The predicted octanol–water partition coefficient (Wildman–Crippen LogP) is 1.92. The molecule has 18 heavy (non-hydrogen) atoms. The van der Waals surface area contributed by atoms with Crippen LogP contribution in [0.3, 0.4) is 0 Å². The highest BCUT2D eigenvalue weighted by molar-refractivity contribution is 6.33. The number of benzene rings is 1. The van der Waals surface area contributed by atoms with Crippen molar-refractivity contribution >= 4 is 34.8 Å². The molecule has 0 aliphatic carbocycles. The van der Waals surface area contributed by atoms with Crippen molar-refractivity contribution in [3.63, 3.8) is 0 Å². The zero-order valence-electron chi connectivity index (χ0n) is 9.23. The molecule has 0 saturated carbocycles. The molecule has 0 fully saturated rings. The zero-order valence-corrected chi connectivity index (χ0v) is 10.7. The molecule has 0 saturated heterocycles. The van der Waals surface area contributed by atoms with Gasteiger partial charge >= 0.3 is 0 Å². The number of hydrogen-bond donors (Lipinski definition) is 2. The van der Waals surface area contributed by atoms with Gasteiger partial charge in [-0.1, -0.05) is 23.2 Å². The second-order valence-corrected chi connectivity index (χ2v) is 4.57. The molecule has 0 unspecified atom stereocenters. The summed E-state index contributed by atoms with van der Waals surface area (Å²) in [6, 6.07) is 5.12. The number of aromatic nitrogens is 2. The summed E-state index contributed by atoms with van der Waals surface area (Å²) in [7, 11) is 0. The Bertz CT molecular complexity index is 609. The average molecular weight is 285 g/mol. The highest BCUT2D eigenvalue weighted by Crippen LogP contribution is 2.22. The van der Waals surface area contributed by atoms with Crippen molar-refractivity contribution in [2.75, 3.05) is 5.73 Å². The lowest BCUT2D eigenvalue weighted by Gasteiger charge is -2.04. The lowest BCUT2D eigenvalue weighted by atomic mass is 10.2. The molecule has 2 rings (SSSR count). The van der Waals surface area contributed by atoms with E-state index in [0.717, 1.165) is 5.56 Å². The van der Waals surface area contributed by atoms with Gasteiger partial charge in [-0.3, -0.25) is 9.48 Å². The number of anilines is 1. The van der Waals surface area contributed by atoms with E-state index in [2.05, 4.69) is 5.10 Å². The van der Waals surface area contributed by atoms with Crippen LogP contribution in [0.2, 0.25) is 10.0 Å². The van der Waals surface area contributed by atoms with Crippen LogP contribution in [0.25, 0.3) is 0 Å². The van der Waals surface area contributed by atoms with E-state index in [4.69, 9.17) is 34.7 Å². The third-order valence-electron chi connectivity index (χ3n) is 2.36. The number of nitrogens with two attached hydrogens (primary N) is 2. The number of halogens is 2. The lowest BCUT2D eigenvalue weighted by Crippen LogP contribution is -2.14. The van der Waals surface area contributed by atoms with E-state index in [-0.39, 0.29) is 11.4 Å². The van der Waals surface area contributed by atoms with E-state index in [0.29, 0.717) is 16.6 Å². The first kappa shape index (κ1) is 12.7. The van der Waals surface area contributed by atoms with Crippen LogP contribution in [-0.2, 0) is 6.54 Å². The number of carbonyl (C=O) groups is 1. The molecule has 0 aliphatic heterocycles. The summed E-state index contributed by atoms with van der Waals surface area (Å²) in [6.45, 7) is 0.358. The Morgan fingerprint density at radius 2 is 2.11 bits per heavy atom. The van der Waals surface area contributed by atoms with Crippen molar-refractivity contribution in [3.8, 4) is 0 Å². The minimum atomic E-state index is -0.663. The molecule has 1 aromatic carbocycles. The molecule has 94 valence electrons. The molecule has 7 heteroatoms. The molecule has 4 N–H and O–H groups in total. The van der Waals surface area contributed by atoms with Gasteiger partial charge in [-0.15, -0.1) is 0 Å². The topological polar surface area (TPSA) is 86.9 Å². The standard InChI is InChI=1S/C11H10Cl2N4O/c12-7-1-2-8(13)6(3-7)4-17-5-9(14)10(16-17)11(15)18/h1-3,5H,4,14H2,(H2,15,18).